The third-order valence-corrected chi connectivity index (χ3v) is 25.7. The number of aromatic amines is 1. The van der Waals surface area contributed by atoms with Gasteiger partial charge in [-0.1, -0.05) is 129 Å². The first-order chi connectivity index (χ1) is 61.0. The van der Waals surface area contributed by atoms with E-state index in [2.05, 4.69) is 120 Å². The molecule has 3 aromatic heterocycles. The third-order valence-electron chi connectivity index (χ3n) is 25.7. The lowest BCUT2D eigenvalue weighted by Gasteiger charge is -2.38. The Hall–Kier alpha value is -13.3. The van der Waals surface area contributed by atoms with Crippen molar-refractivity contribution < 1.29 is 37.5 Å². The number of piperazine rings is 1. The molecule has 12 aromatic rings. The Morgan fingerprint density at radius 1 is 0.680 bits per heavy atom. The van der Waals surface area contributed by atoms with Crippen LogP contribution < -0.4 is 38.3 Å². The fourth-order valence-electron chi connectivity index (χ4n) is 19.0. The maximum absolute atomic E-state index is 14.6. The van der Waals surface area contributed by atoms with Gasteiger partial charge < -0.3 is 42.5 Å². The van der Waals surface area contributed by atoms with E-state index >= 15 is 0 Å². The van der Waals surface area contributed by atoms with Crippen LogP contribution in [-0.2, 0) is 37.6 Å². The van der Waals surface area contributed by atoms with E-state index in [9.17, 15) is 42.3 Å². The van der Waals surface area contributed by atoms with Crippen LogP contribution in [-0.4, -0.2) is 150 Å². The summed E-state index contributed by atoms with van der Waals surface area (Å²) >= 11 is 0. The van der Waals surface area contributed by atoms with E-state index < -0.39 is 11.7 Å². The van der Waals surface area contributed by atoms with Crippen molar-refractivity contribution in [2.75, 3.05) is 58.2 Å². The maximum Gasteiger partial charge on any atom is 0.272 e. The number of carbonyl (C=O) groups excluding carboxylic acids is 6. The number of ketones is 1. The normalized spacial score (nSPS) is 18.1. The molecule has 2 saturated carbocycles. The number of fused-ring (bicyclic) bond motifs is 3. The van der Waals surface area contributed by atoms with Crippen molar-refractivity contribution in [1.82, 2.24) is 60.5 Å². The van der Waals surface area contributed by atoms with Crippen LogP contribution in [0.3, 0.4) is 0 Å². The maximum atomic E-state index is 14.6. The fraction of sp³-hybridized carbons (Fsp3) is 0.317. The molecule has 0 bridgehead atoms. The Labute approximate surface area is 748 Å². The van der Waals surface area contributed by atoms with Gasteiger partial charge in [0.25, 0.3) is 23.3 Å². The average molecular weight is 1740 g/mol. The Kier molecular flexibility index (Phi) is 26.9. The number of nitrogens with zero attached hydrogens (tertiary/aromatic N) is 10. The molecule has 2 saturated heterocycles. The highest BCUT2D eigenvalue weighted by molar-refractivity contribution is 6.21. The lowest BCUT2D eigenvalue weighted by molar-refractivity contribution is -0.134. The van der Waals surface area contributed by atoms with Crippen LogP contribution in [0, 0.1) is 31.4 Å². The second-order valence-electron chi connectivity index (χ2n) is 34.3. The van der Waals surface area contributed by atoms with Gasteiger partial charge in [-0.15, -0.1) is 12.4 Å². The van der Waals surface area contributed by atoms with Crippen LogP contribution in [0.25, 0.3) is 38.5 Å². The number of hydrogen-bond donors (Lipinski definition) is 7. The quantitative estimate of drug-likeness (QED) is 0.0532. The molecule has 3 atom stereocenters. The number of amides is 5. The highest BCUT2D eigenvalue weighted by Crippen LogP contribution is 2.47. The molecule has 6 aliphatic heterocycles. The second kappa shape index (κ2) is 38.5. The smallest absolute Gasteiger partial charge is 0.272 e. The number of allylic oxidation sites excluding steroid dienone is 1. The van der Waals surface area contributed by atoms with Crippen molar-refractivity contribution in [3.63, 3.8) is 0 Å². The molecule has 9 heterocycles. The monoisotopic (exact) mass is 1740 g/mol. The number of primary amides is 2. The number of aromatic nitrogens is 7. The summed E-state index contributed by atoms with van der Waals surface area (Å²) in [5.41, 5.74) is 34.0. The Balaban J connectivity index is 0.000000124. The predicted molar refractivity (Wildman–Crippen MR) is 499 cm³/mol. The van der Waals surface area contributed by atoms with Gasteiger partial charge in [0.15, 0.2) is 5.78 Å². The number of nitrogens with one attached hydrogen (secondary N) is 5. The highest BCUT2D eigenvalue weighted by atomic mass is 35.5. The SMILES string of the molecule is C.CNCc1ccc(C2=C3CCNC(=O)c4cc(C)cc(c43)C2)cc1.C[C@]1(C2=Nc3cccc(C(N)=O)c3C2)CCCN1.Cc1cc2c3c(c1)C(=O)CN=C3[C@H](c1ncnn1C)[C@@H](c1ccc(F)cc1)N2.Cl.NC(=O)c1cccc2cn(-c3ccc(C4CCCCC4)cc3)nc12.O=C(c1cc(Cc2n[nH]c(=O)c3ccccc23)ccc1F)N1CCN(C(=O)C2CC2)CC1. The minimum Gasteiger partial charge on any atom is -0.377 e. The van der Waals surface area contributed by atoms with Crippen molar-refractivity contribution in [2.45, 2.75) is 142 Å². The summed E-state index contributed by atoms with van der Waals surface area (Å²) in [7, 11) is 3.80. The van der Waals surface area contributed by atoms with Gasteiger partial charge in [-0.25, -0.2) is 23.5 Å². The van der Waals surface area contributed by atoms with E-state index in [0.717, 1.165) is 136 Å². The van der Waals surface area contributed by atoms with Crippen LogP contribution in [0.15, 0.2) is 203 Å². The number of halogens is 3. The number of H-pyrrole nitrogens is 1. The molecule has 4 fully saturated rings. The van der Waals surface area contributed by atoms with E-state index in [4.69, 9.17) is 16.5 Å². The standard InChI is InChI=1S/C24H23FN4O3.C21H18FN5O.C21H22N2O.C20H21N3O.C14H17N3O.CH4.ClH/c25-20-8-5-15(14-21-17-3-1-2-4-18(17)22(30)27-26-21)13-19(20)24(32)29-11-9-28(10-12-29)23(31)16-6-7-16;1-11-7-14-16(28)9-23-20-17(14)15(8-11)26-19(12-3-5-13(22)6-4-12)18(20)21-24-10-25-27(21)2;1-13-9-16-11-18(15-5-3-14(4-6-15)12-22-2)17-7-8-23-21(24)19(10-13)20(16)17;21-20(24)18-8-4-7-16-13-23(22-19(16)18)17-11-9-15(10-12-17)14-5-2-1-3-6-14;1-14(6-3-7-16-14)12-8-10-9(13(15)18)4-2-5-11(10)17-12;;/h1-5,8,13,16H,6-7,9-12,14H2,(H,27,30);3-8,10,18-19,26H,9H2,1-2H3;3-6,9-10,22H,7-8,11-12H2,1-2H3,(H,23,24);4,7-14H,1-3,5-6H2,(H2,21,24);2,4-5,16H,3,6-8H2,1H3,(H2,15,18);1H4;1H/t;18-,19-;;;14-;;/m.1..1../s1. The predicted octanol–water partition coefficient (Wildman–Crippen LogP) is 15.6. The summed E-state index contributed by atoms with van der Waals surface area (Å²) in [5.74, 6) is -0.442. The van der Waals surface area contributed by atoms with E-state index in [1.807, 2.05) is 86.5 Å². The van der Waals surface area contributed by atoms with Crippen molar-refractivity contribution >= 4 is 103 Å². The first-order valence-corrected chi connectivity index (χ1v) is 43.5. The zero-order valence-corrected chi connectivity index (χ0v) is 72.5. The molecule has 0 spiro atoms. The first-order valence-electron chi connectivity index (χ1n) is 43.5. The minimum absolute atomic E-state index is 0. The topological polar surface area (TPSA) is 328 Å². The van der Waals surface area contributed by atoms with Crippen molar-refractivity contribution in [3.05, 3.63) is 311 Å². The second-order valence-corrected chi connectivity index (χ2v) is 34.3. The lowest BCUT2D eigenvalue weighted by Crippen LogP contribution is -2.51. The van der Waals surface area contributed by atoms with Crippen LogP contribution in [0.2, 0.25) is 0 Å². The zero-order valence-electron chi connectivity index (χ0n) is 71.7. The number of benzene rings is 9. The summed E-state index contributed by atoms with van der Waals surface area (Å²) in [6.07, 6.45) is 17.2. The van der Waals surface area contributed by atoms with E-state index in [1.54, 1.807) is 63.0 Å². The molecule has 9 N–H and O–H groups in total. The number of nitrogens with two attached hydrogens (primary N) is 2. The van der Waals surface area contributed by atoms with Crippen molar-refractivity contribution in [3.8, 4) is 5.69 Å². The van der Waals surface area contributed by atoms with E-state index in [-0.39, 0.29) is 96.1 Å². The molecule has 0 unspecified atom stereocenters. The summed E-state index contributed by atoms with van der Waals surface area (Å²) < 4.78 is 31.6. The number of aryl methyl sites for hydroxylation is 3. The van der Waals surface area contributed by atoms with Crippen molar-refractivity contribution in [2.24, 2.45) is 34.4 Å². The summed E-state index contributed by atoms with van der Waals surface area (Å²) in [4.78, 5) is 102. The van der Waals surface area contributed by atoms with Gasteiger partial charge in [0.1, 0.15) is 35.8 Å². The van der Waals surface area contributed by atoms with E-state index in [1.165, 1.54) is 102 Å². The first kappa shape index (κ1) is 89.5. The number of anilines is 1. The zero-order chi connectivity index (χ0) is 87.6. The average Bonchev–Trinajstić information content (AvgIpc) is 0.935. The number of carbonyl (C=O) groups is 6. The van der Waals surface area contributed by atoms with Crippen LogP contribution in [0.1, 0.15) is 221 Å². The number of Topliss-reactive ketones (excluding diaryl/α,β-unsaturated/α-hetero) is 1. The number of hydrogen-bond acceptors (Lipinski definition) is 16. The lowest BCUT2D eigenvalue weighted by atomic mass is 9.77. The molecular weight excluding hydrogens is 1640 g/mol. The van der Waals surface area contributed by atoms with Crippen LogP contribution in [0.5, 0.6) is 0 Å². The Morgan fingerprint density at radius 2 is 1.38 bits per heavy atom. The van der Waals surface area contributed by atoms with Crippen LogP contribution in [0.4, 0.5) is 20.2 Å². The van der Waals surface area contributed by atoms with Crippen LogP contribution >= 0.6 is 12.4 Å². The van der Waals surface area contributed by atoms with Gasteiger partial charge in [0.05, 0.1) is 56.8 Å². The molecule has 9 aliphatic rings. The molecule has 0 radical (unpaired) electrons. The number of aliphatic imine (C=N–C) groups is 2. The van der Waals surface area contributed by atoms with Crippen molar-refractivity contribution in [1.29, 1.82) is 0 Å². The molecular formula is C101H106ClF2N17O7. The summed E-state index contributed by atoms with van der Waals surface area (Å²) in [6, 6.07) is 54.6. The fourth-order valence-corrected chi connectivity index (χ4v) is 19.0. The molecule has 27 heteroatoms. The Morgan fingerprint density at radius 3 is 2.08 bits per heavy atom. The molecule has 5 amide bonds. The van der Waals surface area contributed by atoms with Gasteiger partial charge in [-0.3, -0.25) is 48.2 Å². The highest BCUT2D eigenvalue weighted by Gasteiger charge is 2.43. The Bertz CT molecular complexity index is 6430. The third kappa shape index (κ3) is 18.8. The van der Waals surface area contributed by atoms with Gasteiger partial charge in [0.2, 0.25) is 11.8 Å². The van der Waals surface area contributed by atoms with Gasteiger partial charge >= 0.3 is 0 Å². The molecule has 24 nitrogen and oxygen atoms in total. The summed E-state index contributed by atoms with van der Waals surface area (Å²) in [6.45, 7) is 10.7. The molecule has 128 heavy (non-hydrogen) atoms. The number of rotatable bonds is 14. The van der Waals surface area contributed by atoms with Gasteiger partial charge in [-0.2, -0.15) is 15.3 Å². The summed E-state index contributed by atoms with van der Waals surface area (Å²) in [5, 5.41) is 30.9. The molecule has 658 valence electrons. The van der Waals surface area contributed by atoms with Gasteiger partial charge in [-0.05, 0) is 232 Å². The van der Waals surface area contributed by atoms with E-state index in [0.29, 0.717) is 78.3 Å². The molecule has 3 aliphatic carbocycles. The van der Waals surface area contributed by atoms with Gasteiger partial charge in [0, 0.05) is 116 Å². The molecule has 21 rings (SSSR count). The largest absolute Gasteiger partial charge is 0.377 e. The minimum atomic E-state index is -0.575. The molecule has 9 aromatic carbocycles.